The molecule has 20 heavy (non-hydrogen) atoms. The Balaban J connectivity index is 0.00000180. The first-order valence-corrected chi connectivity index (χ1v) is 6.75. The van der Waals surface area contributed by atoms with Crippen LogP contribution in [-0.4, -0.2) is 62.3 Å². The number of halogens is 2. The van der Waals surface area contributed by atoms with Crippen molar-refractivity contribution in [3.63, 3.8) is 0 Å². The van der Waals surface area contributed by atoms with Gasteiger partial charge in [0.05, 0.1) is 6.61 Å². The van der Waals surface area contributed by atoms with Gasteiger partial charge in [0.25, 0.3) is 5.91 Å². The van der Waals surface area contributed by atoms with Gasteiger partial charge in [-0.3, -0.25) is 9.69 Å². The van der Waals surface area contributed by atoms with E-state index >= 15 is 0 Å². The summed E-state index contributed by atoms with van der Waals surface area (Å²) in [5, 5.41) is 6.27. The van der Waals surface area contributed by atoms with E-state index in [9.17, 15) is 4.79 Å². The monoisotopic (exact) mass is 325 g/mol. The molecule has 0 aromatic carbocycles. The molecule has 2 heterocycles. The van der Waals surface area contributed by atoms with Crippen LogP contribution in [0.1, 0.15) is 12.8 Å². The van der Waals surface area contributed by atoms with Crippen LogP contribution in [0.15, 0.2) is 12.7 Å². The van der Waals surface area contributed by atoms with Crippen LogP contribution in [-0.2, 0) is 9.53 Å². The molecule has 1 atom stereocenters. The zero-order valence-electron chi connectivity index (χ0n) is 11.7. The second kappa shape index (κ2) is 10.4. The average Bonchev–Trinajstić information content (AvgIpc) is 2.42. The third kappa shape index (κ3) is 5.97. The Morgan fingerprint density at radius 3 is 2.65 bits per heavy atom. The Morgan fingerprint density at radius 2 is 2.10 bits per heavy atom. The van der Waals surface area contributed by atoms with Crippen LogP contribution in [0.3, 0.4) is 0 Å². The average molecular weight is 326 g/mol. The topological polar surface area (TPSA) is 53.6 Å². The van der Waals surface area contributed by atoms with E-state index in [1.807, 2.05) is 6.08 Å². The number of morpholine rings is 1. The van der Waals surface area contributed by atoms with Gasteiger partial charge in [0.15, 0.2) is 0 Å². The maximum Gasteiger partial charge on any atom is 0.250 e. The molecule has 0 spiro atoms. The lowest BCUT2D eigenvalue weighted by Gasteiger charge is -2.32. The molecule has 2 aliphatic heterocycles. The van der Waals surface area contributed by atoms with Crippen molar-refractivity contribution in [3.8, 4) is 0 Å². The molecule has 2 aliphatic rings. The van der Waals surface area contributed by atoms with Gasteiger partial charge in [-0.25, -0.2) is 0 Å². The van der Waals surface area contributed by atoms with Crippen molar-refractivity contribution in [2.24, 2.45) is 0 Å². The fourth-order valence-electron chi connectivity index (χ4n) is 2.47. The lowest BCUT2D eigenvalue weighted by Crippen LogP contribution is -2.52. The fourth-order valence-corrected chi connectivity index (χ4v) is 2.47. The van der Waals surface area contributed by atoms with Gasteiger partial charge in [-0.2, -0.15) is 0 Å². The number of carbonyl (C=O) groups excluding carboxylic acids is 1. The Bertz CT molecular complexity index is 291. The second-order valence-corrected chi connectivity index (χ2v) is 4.94. The number of amides is 1. The summed E-state index contributed by atoms with van der Waals surface area (Å²) in [5.41, 5.74) is 0. The number of nitrogens with zero attached hydrogens (tertiary/aromatic N) is 1. The maximum atomic E-state index is 12.0. The smallest absolute Gasteiger partial charge is 0.250 e. The van der Waals surface area contributed by atoms with Gasteiger partial charge in [0.2, 0.25) is 0 Å². The van der Waals surface area contributed by atoms with E-state index < -0.39 is 0 Å². The minimum Gasteiger partial charge on any atom is -0.366 e. The van der Waals surface area contributed by atoms with Crippen LogP contribution in [0.25, 0.3) is 0 Å². The Morgan fingerprint density at radius 1 is 1.40 bits per heavy atom. The van der Waals surface area contributed by atoms with Crippen molar-refractivity contribution in [2.45, 2.75) is 25.0 Å². The first-order chi connectivity index (χ1) is 8.79. The second-order valence-electron chi connectivity index (χ2n) is 4.94. The van der Waals surface area contributed by atoms with Crippen molar-refractivity contribution in [1.82, 2.24) is 15.5 Å². The molecule has 7 heteroatoms. The van der Waals surface area contributed by atoms with E-state index in [1.165, 1.54) is 0 Å². The molecule has 2 N–H and O–H groups in total. The highest BCUT2D eigenvalue weighted by Crippen LogP contribution is 2.10. The molecule has 2 rings (SSSR count). The number of hydrogen-bond donors (Lipinski definition) is 2. The molecular formula is C13H25Cl2N3O2. The van der Waals surface area contributed by atoms with Gasteiger partial charge in [-0.1, -0.05) is 6.08 Å². The van der Waals surface area contributed by atoms with Crippen LogP contribution in [0.5, 0.6) is 0 Å². The zero-order valence-corrected chi connectivity index (χ0v) is 13.3. The van der Waals surface area contributed by atoms with Crippen molar-refractivity contribution in [3.05, 3.63) is 12.7 Å². The highest BCUT2D eigenvalue weighted by atomic mass is 35.5. The van der Waals surface area contributed by atoms with E-state index in [0.29, 0.717) is 19.2 Å². The van der Waals surface area contributed by atoms with Gasteiger partial charge in [0.1, 0.15) is 6.10 Å². The van der Waals surface area contributed by atoms with Crippen molar-refractivity contribution in [2.75, 3.05) is 39.3 Å². The number of nitrogens with one attached hydrogen (secondary N) is 2. The summed E-state index contributed by atoms with van der Waals surface area (Å²) >= 11 is 0. The molecule has 0 saturated carbocycles. The number of hydrogen-bond acceptors (Lipinski definition) is 4. The molecule has 1 unspecified atom stereocenters. The molecule has 2 fully saturated rings. The van der Waals surface area contributed by atoms with Crippen LogP contribution in [0.2, 0.25) is 0 Å². The molecule has 0 aromatic heterocycles. The Labute approximate surface area is 133 Å². The summed E-state index contributed by atoms with van der Waals surface area (Å²) < 4.78 is 5.44. The minimum atomic E-state index is -0.315. The van der Waals surface area contributed by atoms with Gasteiger partial charge < -0.3 is 15.4 Å². The van der Waals surface area contributed by atoms with Crippen molar-refractivity contribution < 1.29 is 9.53 Å². The van der Waals surface area contributed by atoms with Crippen LogP contribution < -0.4 is 10.6 Å². The maximum absolute atomic E-state index is 12.0. The van der Waals surface area contributed by atoms with E-state index in [-0.39, 0.29) is 36.8 Å². The Kier molecular flexibility index (Phi) is 10.2. The summed E-state index contributed by atoms with van der Waals surface area (Å²) in [6, 6.07) is 0.295. The van der Waals surface area contributed by atoms with Gasteiger partial charge in [-0.15, -0.1) is 31.4 Å². The lowest BCUT2D eigenvalue weighted by molar-refractivity contribution is -0.135. The summed E-state index contributed by atoms with van der Waals surface area (Å²) in [6.07, 6.45) is 3.64. The SMILES string of the molecule is C=CCN1CCC(NC(=O)C2CNCCO2)CC1.Cl.Cl. The number of ether oxygens (including phenoxy) is 1. The van der Waals surface area contributed by atoms with Crippen molar-refractivity contribution in [1.29, 1.82) is 0 Å². The van der Waals surface area contributed by atoms with E-state index in [0.717, 1.165) is 39.0 Å². The normalized spacial score (nSPS) is 24.1. The molecular weight excluding hydrogens is 301 g/mol. The minimum absolute atomic E-state index is 0. The molecule has 118 valence electrons. The molecule has 5 nitrogen and oxygen atoms in total. The summed E-state index contributed by atoms with van der Waals surface area (Å²) in [5.74, 6) is 0.0318. The van der Waals surface area contributed by atoms with Crippen LogP contribution in [0, 0.1) is 0 Å². The van der Waals surface area contributed by atoms with Gasteiger partial charge in [0, 0.05) is 38.8 Å². The molecule has 0 aromatic rings. The summed E-state index contributed by atoms with van der Waals surface area (Å²) in [7, 11) is 0. The zero-order chi connectivity index (χ0) is 12.8. The fraction of sp³-hybridized carbons (Fsp3) is 0.769. The largest absolute Gasteiger partial charge is 0.366 e. The highest BCUT2D eigenvalue weighted by Gasteiger charge is 2.25. The molecule has 0 aliphatic carbocycles. The molecule has 2 saturated heterocycles. The van der Waals surface area contributed by atoms with Crippen LogP contribution >= 0.6 is 24.8 Å². The number of likely N-dealkylation sites (tertiary alicyclic amines) is 1. The van der Waals surface area contributed by atoms with Gasteiger partial charge in [-0.05, 0) is 12.8 Å². The lowest BCUT2D eigenvalue weighted by atomic mass is 10.0. The van der Waals surface area contributed by atoms with Crippen LogP contribution in [0.4, 0.5) is 0 Å². The number of rotatable bonds is 4. The predicted octanol–water partition coefficient (Wildman–Crippen LogP) is 0.585. The van der Waals surface area contributed by atoms with E-state index in [1.54, 1.807) is 0 Å². The van der Waals surface area contributed by atoms with Crippen molar-refractivity contribution >= 4 is 30.7 Å². The molecule has 0 radical (unpaired) electrons. The van der Waals surface area contributed by atoms with E-state index in [4.69, 9.17) is 4.74 Å². The third-order valence-electron chi connectivity index (χ3n) is 3.54. The molecule has 0 bridgehead atoms. The van der Waals surface area contributed by atoms with E-state index in [2.05, 4.69) is 22.1 Å². The first kappa shape index (κ1) is 19.7. The van der Waals surface area contributed by atoms with Gasteiger partial charge >= 0.3 is 0 Å². The quantitative estimate of drug-likeness (QED) is 0.743. The third-order valence-corrected chi connectivity index (χ3v) is 3.54. The number of piperidine rings is 1. The Hall–Kier alpha value is -0.330. The summed E-state index contributed by atoms with van der Waals surface area (Å²) in [4.78, 5) is 14.3. The molecule has 1 amide bonds. The summed E-state index contributed by atoms with van der Waals surface area (Å²) in [6.45, 7) is 8.83. The standard InChI is InChI=1S/C13H23N3O2.2ClH/c1-2-6-16-7-3-11(4-8-16)15-13(17)12-10-14-5-9-18-12;;/h2,11-12,14H,1,3-10H2,(H,15,17);2*1H. The first-order valence-electron chi connectivity index (χ1n) is 6.75. The predicted molar refractivity (Wildman–Crippen MR) is 84.9 cm³/mol. The number of carbonyl (C=O) groups is 1. The highest BCUT2D eigenvalue weighted by molar-refractivity contribution is 5.85.